The van der Waals surface area contributed by atoms with E-state index in [-0.39, 0.29) is 0 Å². The molecule has 0 radical (unpaired) electrons. The molecule has 96 valence electrons. The molecule has 3 rings (SSSR count). The summed E-state index contributed by atoms with van der Waals surface area (Å²) in [5, 5.41) is 0. The number of aromatic nitrogens is 2. The first-order valence-corrected chi connectivity index (χ1v) is 8.55. The van der Waals surface area contributed by atoms with Crippen molar-refractivity contribution in [2.75, 3.05) is 11.5 Å². The van der Waals surface area contributed by atoms with Crippen molar-refractivity contribution in [3.05, 3.63) is 27.4 Å². The van der Waals surface area contributed by atoms with Crippen LogP contribution in [0.4, 0.5) is 0 Å². The third-order valence-corrected chi connectivity index (χ3v) is 5.38. The van der Waals surface area contributed by atoms with Crippen molar-refractivity contribution >= 4 is 50.9 Å². The van der Waals surface area contributed by atoms with Crippen molar-refractivity contribution in [1.82, 2.24) is 9.55 Å². The van der Waals surface area contributed by atoms with Crippen LogP contribution < -0.4 is 0 Å². The van der Waals surface area contributed by atoms with Gasteiger partial charge in [-0.15, -0.1) is 0 Å². The summed E-state index contributed by atoms with van der Waals surface area (Å²) in [4.78, 5) is 3.30. The van der Waals surface area contributed by atoms with E-state index in [0.29, 0.717) is 0 Å². The van der Waals surface area contributed by atoms with Gasteiger partial charge in [-0.2, -0.15) is 11.8 Å². The third kappa shape index (κ3) is 2.53. The Morgan fingerprint density at radius 3 is 2.94 bits per heavy atom. The molecule has 0 amide bonds. The van der Waals surface area contributed by atoms with Crippen molar-refractivity contribution in [1.29, 1.82) is 0 Å². The lowest BCUT2D eigenvalue weighted by Crippen LogP contribution is -2.16. The highest BCUT2D eigenvalue weighted by molar-refractivity contribution is 9.10. The van der Waals surface area contributed by atoms with Gasteiger partial charge in [0.05, 0.1) is 11.0 Å². The molecule has 0 atom stereocenters. The second kappa shape index (κ2) is 5.39. The van der Waals surface area contributed by atoms with Gasteiger partial charge in [0.2, 0.25) is 0 Å². The minimum atomic E-state index is 0.778. The summed E-state index contributed by atoms with van der Waals surface area (Å²) >= 11 is 11.0. The number of rotatable bonds is 2. The van der Waals surface area contributed by atoms with Gasteiger partial charge in [-0.3, -0.25) is 0 Å². The molecule has 0 aliphatic carbocycles. The summed E-state index contributed by atoms with van der Waals surface area (Å²) < 4.78 is 4.20. The number of nitrogens with zero attached hydrogens (tertiary/aromatic N) is 1. The Kier molecular flexibility index (Phi) is 3.82. The van der Waals surface area contributed by atoms with E-state index in [1.54, 1.807) is 0 Å². The van der Waals surface area contributed by atoms with Crippen LogP contribution in [-0.4, -0.2) is 21.1 Å². The average molecular weight is 343 g/mol. The summed E-state index contributed by atoms with van der Waals surface area (Å²) in [5.41, 5.74) is 2.35. The molecular weight excluding hydrogens is 328 g/mol. The van der Waals surface area contributed by atoms with E-state index < -0.39 is 0 Å². The van der Waals surface area contributed by atoms with Gasteiger partial charge < -0.3 is 9.55 Å². The van der Waals surface area contributed by atoms with Crippen LogP contribution >= 0.6 is 39.9 Å². The van der Waals surface area contributed by atoms with Gasteiger partial charge >= 0.3 is 0 Å². The Balaban J connectivity index is 1.95. The van der Waals surface area contributed by atoms with Crippen LogP contribution in [0.3, 0.4) is 0 Å². The highest BCUT2D eigenvalue weighted by Crippen LogP contribution is 2.26. The van der Waals surface area contributed by atoms with E-state index in [1.807, 2.05) is 0 Å². The molecule has 0 unspecified atom stereocenters. The Bertz CT molecular complexity index is 611. The summed E-state index contributed by atoms with van der Waals surface area (Å²) in [5.74, 6) is 3.37. The van der Waals surface area contributed by atoms with Crippen LogP contribution in [-0.2, 0) is 6.54 Å². The smallest absolute Gasteiger partial charge is 0.178 e. The van der Waals surface area contributed by atoms with Crippen LogP contribution in [0.2, 0.25) is 0 Å². The maximum Gasteiger partial charge on any atom is 0.178 e. The molecule has 1 aromatic carbocycles. The SMILES string of the molecule is S=c1[nH]c2cc(Br)ccc2n1CC1CCSCC1. The normalized spacial score (nSPS) is 17.4. The first-order valence-electron chi connectivity index (χ1n) is 6.20. The number of fused-ring (bicyclic) bond motifs is 1. The average Bonchev–Trinajstić information content (AvgIpc) is 2.66. The molecule has 1 N–H and O–H groups in total. The van der Waals surface area contributed by atoms with Crippen LogP contribution in [0, 0.1) is 10.7 Å². The summed E-state index contributed by atoms with van der Waals surface area (Å²) in [7, 11) is 0. The van der Waals surface area contributed by atoms with Gasteiger partial charge in [-0.25, -0.2) is 0 Å². The number of nitrogens with one attached hydrogen (secondary N) is 1. The molecule has 1 aliphatic rings. The lowest BCUT2D eigenvalue weighted by atomic mass is 10.0. The van der Waals surface area contributed by atoms with Crippen molar-refractivity contribution in [3.8, 4) is 0 Å². The lowest BCUT2D eigenvalue weighted by molar-refractivity contribution is 0.420. The first-order chi connectivity index (χ1) is 8.74. The van der Waals surface area contributed by atoms with E-state index in [0.717, 1.165) is 27.2 Å². The molecule has 1 saturated heterocycles. The van der Waals surface area contributed by atoms with E-state index in [9.17, 15) is 0 Å². The molecular formula is C13H15BrN2S2. The molecule has 0 spiro atoms. The molecule has 18 heavy (non-hydrogen) atoms. The maximum atomic E-state index is 5.45. The largest absolute Gasteiger partial charge is 0.331 e. The number of halogens is 1. The van der Waals surface area contributed by atoms with E-state index in [4.69, 9.17) is 12.2 Å². The second-order valence-corrected chi connectivity index (χ2v) is 7.29. The predicted molar refractivity (Wildman–Crippen MR) is 84.9 cm³/mol. The van der Waals surface area contributed by atoms with Crippen molar-refractivity contribution in [2.45, 2.75) is 19.4 Å². The van der Waals surface area contributed by atoms with Gasteiger partial charge in [0, 0.05) is 11.0 Å². The maximum absolute atomic E-state index is 5.45. The van der Waals surface area contributed by atoms with Crippen molar-refractivity contribution in [3.63, 3.8) is 0 Å². The Morgan fingerprint density at radius 1 is 1.39 bits per heavy atom. The molecule has 2 aromatic rings. The topological polar surface area (TPSA) is 20.7 Å². The van der Waals surface area contributed by atoms with Gasteiger partial charge in [0.1, 0.15) is 0 Å². The van der Waals surface area contributed by atoms with E-state index in [2.05, 4.69) is 55.4 Å². The van der Waals surface area contributed by atoms with Crippen LogP contribution in [0.15, 0.2) is 22.7 Å². The lowest BCUT2D eigenvalue weighted by Gasteiger charge is -2.21. The fourth-order valence-electron chi connectivity index (χ4n) is 2.50. The minimum absolute atomic E-state index is 0.778. The molecule has 1 fully saturated rings. The zero-order valence-corrected chi connectivity index (χ0v) is 13.2. The number of hydrogen-bond acceptors (Lipinski definition) is 2. The van der Waals surface area contributed by atoms with Crippen LogP contribution in [0.1, 0.15) is 12.8 Å². The Hall–Kier alpha value is -0.260. The van der Waals surface area contributed by atoms with Crippen molar-refractivity contribution in [2.24, 2.45) is 5.92 Å². The number of thioether (sulfide) groups is 1. The fourth-order valence-corrected chi connectivity index (χ4v) is 4.35. The number of hydrogen-bond donors (Lipinski definition) is 1. The summed E-state index contributed by atoms with van der Waals surface area (Å²) in [6, 6.07) is 6.32. The second-order valence-electron chi connectivity index (χ2n) is 4.76. The first kappa shape index (κ1) is 12.8. The molecule has 2 nitrogen and oxygen atoms in total. The molecule has 0 saturated carbocycles. The summed E-state index contributed by atoms with van der Waals surface area (Å²) in [6.07, 6.45) is 2.63. The van der Waals surface area contributed by atoms with E-state index >= 15 is 0 Å². The number of imidazole rings is 1. The van der Waals surface area contributed by atoms with Crippen LogP contribution in [0.5, 0.6) is 0 Å². The zero-order chi connectivity index (χ0) is 12.5. The van der Waals surface area contributed by atoms with Gasteiger partial charge in [0.15, 0.2) is 4.77 Å². The number of aromatic amines is 1. The molecule has 1 aromatic heterocycles. The predicted octanol–water partition coefficient (Wildman–Crippen LogP) is 4.60. The highest BCUT2D eigenvalue weighted by Gasteiger charge is 2.16. The molecule has 5 heteroatoms. The summed E-state index contributed by atoms with van der Waals surface area (Å²) in [6.45, 7) is 1.06. The molecule has 2 heterocycles. The minimum Gasteiger partial charge on any atom is -0.331 e. The molecule has 0 bridgehead atoms. The number of H-pyrrole nitrogens is 1. The quantitative estimate of drug-likeness (QED) is 0.804. The van der Waals surface area contributed by atoms with E-state index in [1.165, 1.54) is 29.9 Å². The third-order valence-electron chi connectivity index (χ3n) is 3.52. The van der Waals surface area contributed by atoms with Gasteiger partial charge in [0.25, 0.3) is 0 Å². The van der Waals surface area contributed by atoms with Crippen molar-refractivity contribution < 1.29 is 0 Å². The van der Waals surface area contributed by atoms with Crippen LogP contribution in [0.25, 0.3) is 11.0 Å². The fraction of sp³-hybridized carbons (Fsp3) is 0.462. The number of benzene rings is 1. The zero-order valence-electron chi connectivity index (χ0n) is 9.99. The monoisotopic (exact) mass is 342 g/mol. The highest BCUT2D eigenvalue weighted by atomic mass is 79.9. The molecule has 1 aliphatic heterocycles. The Morgan fingerprint density at radius 2 is 2.17 bits per heavy atom. The standard InChI is InChI=1S/C13H15BrN2S2/c14-10-1-2-12-11(7-10)15-13(17)16(12)8-9-3-5-18-6-4-9/h1-2,7,9H,3-6,8H2,(H,15,17). The van der Waals surface area contributed by atoms with Gasteiger partial charge in [-0.1, -0.05) is 15.9 Å². The van der Waals surface area contributed by atoms with Gasteiger partial charge in [-0.05, 0) is 60.7 Å². The Labute approximate surface area is 124 Å².